The topological polar surface area (TPSA) is 87.0 Å². The van der Waals surface area contributed by atoms with Gasteiger partial charge >= 0.3 is 5.97 Å². The highest BCUT2D eigenvalue weighted by atomic mass is 16.6. The molecule has 5 rings (SSSR count). The van der Waals surface area contributed by atoms with Crippen LogP contribution in [0.2, 0.25) is 0 Å². The van der Waals surface area contributed by atoms with Crippen LogP contribution in [0.15, 0.2) is 71.5 Å². The second-order valence-corrected chi connectivity index (χ2v) is 9.37. The molecule has 0 amide bonds. The van der Waals surface area contributed by atoms with Crippen LogP contribution < -0.4 is 14.9 Å². The summed E-state index contributed by atoms with van der Waals surface area (Å²) in [6, 6.07) is 18.2. The summed E-state index contributed by atoms with van der Waals surface area (Å²) in [5.74, 6) is 0.105. The van der Waals surface area contributed by atoms with Gasteiger partial charge in [0, 0.05) is 24.6 Å². The van der Waals surface area contributed by atoms with Crippen molar-refractivity contribution in [1.29, 1.82) is 0 Å². The standard InChI is InChI=1S/C29H27NO6/c1-29(2)28(35-22(31)15-14-17-10-6-5-7-11-17)27(33)24-21(36-29)16-20(34-4)23-25(24)30(3)19-13-9-8-12-18(19)26(23)32/h5-16,27-28,33H,1-4H3/b15-14+/t27-,28-/m0/s1. The van der Waals surface area contributed by atoms with E-state index in [1.807, 2.05) is 54.1 Å². The lowest BCUT2D eigenvalue weighted by Gasteiger charge is -2.42. The molecule has 1 aromatic heterocycles. The van der Waals surface area contributed by atoms with E-state index >= 15 is 0 Å². The molecule has 0 bridgehead atoms. The minimum Gasteiger partial charge on any atom is -0.496 e. The fourth-order valence-corrected chi connectivity index (χ4v) is 4.92. The maximum absolute atomic E-state index is 13.5. The van der Waals surface area contributed by atoms with Crippen LogP contribution in [0, 0.1) is 0 Å². The van der Waals surface area contributed by atoms with Crippen LogP contribution in [0.1, 0.15) is 31.1 Å². The highest BCUT2D eigenvalue weighted by molar-refractivity contribution is 5.99. The number of methoxy groups -OCH3 is 1. The number of nitrogens with zero attached hydrogens (tertiary/aromatic N) is 1. The van der Waals surface area contributed by atoms with E-state index in [-0.39, 0.29) is 5.43 Å². The number of rotatable bonds is 4. The number of aromatic nitrogens is 1. The number of ether oxygens (including phenoxy) is 3. The number of fused-ring (bicyclic) bond motifs is 4. The van der Waals surface area contributed by atoms with Crippen molar-refractivity contribution >= 4 is 33.9 Å². The molecule has 3 aromatic carbocycles. The van der Waals surface area contributed by atoms with Gasteiger partial charge in [-0.2, -0.15) is 0 Å². The van der Waals surface area contributed by atoms with E-state index in [9.17, 15) is 14.7 Å². The fourth-order valence-electron chi connectivity index (χ4n) is 4.92. The Hall–Kier alpha value is -4.10. The van der Waals surface area contributed by atoms with E-state index in [1.165, 1.54) is 13.2 Å². The first-order valence-corrected chi connectivity index (χ1v) is 11.7. The third kappa shape index (κ3) is 3.82. The molecule has 0 unspecified atom stereocenters. The van der Waals surface area contributed by atoms with Crippen molar-refractivity contribution < 1.29 is 24.1 Å². The molecule has 184 valence electrons. The first-order valence-electron chi connectivity index (χ1n) is 11.7. The number of aliphatic hydroxyl groups is 1. The summed E-state index contributed by atoms with van der Waals surface area (Å²) in [6.07, 6.45) is 0.687. The number of pyridine rings is 1. The quantitative estimate of drug-likeness (QED) is 0.260. The summed E-state index contributed by atoms with van der Waals surface area (Å²) in [5, 5.41) is 12.5. The Balaban J connectivity index is 1.65. The molecule has 0 radical (unpaired) electrons. The monoisotopic (exact) mass is 485 g/mol. The number of aliphatic hydroxyl groups excluding tert-OH is 1. The van der Waals surface area contributed by atoms with Crippen LogP contribution in [0.5, 0.6) is 11.5 Å². The summed E-state index contributed by atoms with van der Waals surface area (Å²) in [4.78, 5) is 26.2. The number of esters is 1. The van der Waals surface area contributed by atoms with E-state index < -0.39 is 23.8 Å². The van der Waals surface area contributed by atoms with Crippen LogP contribution in [-0.4, -0.2) is 34.5 Å². The lowest BCUT2D eigenvalue weighted by atomic mass is 9.86. The van der Waals surface area contributed by atoms with E-state index in [0.717, 1.165) is 5.56 Å². The largest absolute Gasteiger partial charge is 0.496 e. The van der Waals surface area contributed by atoms with Gasteiger partial charge in [-0.3, -0.25) is 4.79 Å². The molecule has 0 fully saturated rings. The molecule has 2 heterocycles. The van der Waals surface area contributed by atoms with Crippen molar-refractivity contribution in [1.82, 2.24) is 4.57 Å². The number of aryl methyl sites for hydroxylation is 1. The van der Waals surface area contributed by atoms with Gasteiger partial charge in [0.25, 0.3) is 0 Å². The first-order chi connectivity index (χ1) is 17.2. The summed E-state index contributed by atoms with van der Waals surface area (Å²) in [7, 11) is 3.31. The third-order valence-corrected chi connectivity index (χ3v) is 6.65. The Bertz CT molecular complexity index is 1570. The second kappa shape index (κ2) is 8.84. The molecule has 7 heteroatoms. The molecule has 4 aromatic rings. The van der Waals surface area contributed by atoms with E-state index in [0.29, 0.717) is 38.9 Å². The number of hydrogen-bond acceptors (Lipinski definition) is 6. The molecule has 2 atom stereocenters. The van der Waals surface area contributed by atoms with Crippen LogP contribution in [-0.2, 0) is 16.6 Å². The highest BCUT2D eigenvalue weighted by Gasteiger charge is 2.47. The van der Waals surface area contributed by atoms with E-state index in [1.54, 1.807) is 38.1 Å². The zero-order valence-corrected chi connectivity index (χ0v) is 20.5. The van der Waals surface area contributed by atoms with Gasteiger partial charge < -0.3 is 23.9 Å². The minimum absolute atomic E-state index is 0.213. The zero-order chi connectivity index (χ0) is 25.6. The van der Waals surface area contributed by atoms with Crippen molar-refractivity contribution in [2.75, 3.05) is 7.11 Å². The molecule has 0 aliphatic carbocycles. The lowest BCUT2D eigenvalue weighted by Crippen LogP contribution is -2.51. The maximum Gasteiger partial charge on any atom is 0.331 e. The van der Waals surface area contributed by atoms with Gasteiger partial charge in [-0.15, -0.1) is 0 Å². The van der Waals surface area contributed by atoms with E-state index in [2.05, 4.69) is 0 Å². The molecular formula is C29H27NO6. The van der Waals surface area contributed by atoms with Gasteiger partial charge in [-0.1, -0.05) is 42.5 Å². The van der Waals surface area contributed by atoms with Gasteiger partial charge in [-0.05, 0) is 37.6 Å². The fraction of sp³-hybridized carbons (Fsp3) is 0.241. The average Bonchev–Trinajstić information content (AvgIpc) is 2.87. The SMILES string of the molecule is COc1cc2c(c3c1c(=O)c1ccccc1n3C)[C@H](O)[C@H](OC(=O)/C=C/c1ccccc1)C(C)(C)O2. The molecule has 0 saturated carbocycles. The van der Waals surface area contributed by atoms with Crippen LogP contribution >= 0.6 is 0 Å². The minimum atomic E-state index is -1.25. The predicted molar refractivity (Wildman–Crippen MR) is 138 cm³/mol. The molecule has 0 spiro atoms. The normalized spacial score (nSPS) is 18.7. The molecule has 1 aliphatic heterocycles. The van der Waals surface area contributed by atoms with Gasteiger partial charge in [0.15, 0.2) is 6.10 Å². The maximum atomic E-state index is 13.5. The van der Waals surface area contributed by atoms with Crippen molar-refractivity contribution in [2.45, 2.75) is 31.7 Å². The summed E-state index contributed by atoms with van der Waals surface area (Å²) in [6.45, 7) is 3.49. The molecule has 0 saturated heterocycles. The van der Waals surface area contributed by atoms with Gasteiger partial charge in [0.1, 0.15) is 23.2 Å². The first kappa shape index (κ1) is 23.6. The molecule has 7 nitrogen and oxygen atoms in total. The third-order valence-electron chi connectivity index (χ3n) is 6.65. The van der Waals surface area contributed by atoms with Crippen LogP contribution in [0.3, 0.4) is 0 Å². The summed E-state index contributed by atoms with van der Waals surface area (Å²) in [5.41, 5.74) is 1.12. The number of hydrogen-bond donors (Lipinski definition) is 1. The lowest BCUT2D eigenvalue weighted by molar-refractivity contribution is -0.171. The number of para-hydroxylation sites is 1. The Morgan fingerprint density at radius 2 is 1.81 bits per heavy atom. The van der Waals surface area contributed by atoms with Crippen LogP contribution in [0.4, 0.5) is 0 Å². The number of carbonyl (C=O) groups is 1. The summed E-state index contributed by atoms with van der Waals surface area (Å²) < 4.78 is 19.4. The van der Waals surface area contributed by atoms with Gasteiger partial charge in [0.2, 0.25) is 5.43 Å². The zero-order valence-electron chi connectivity index (χ0n) is 20.5. The Labute approximate surface area is 208 Å². The molecule has 36 heavy (non-hydrogen) atoms. The Morgan fingerprint density at radius 3 is 2.53 bits per heavy atom. The molecule has 1 aliphatic rings. The van der Waals surface area contributed by atoms with Crippen molar-refractivity contribution in [3.05, 3.63) is 88.1 Å². The van der Waals surface area contributed by atoms with Crippen molar-refractivity contribution in [3.63, 3.8) is 0 Å². The highest BCUT2D eigenvalue weighted by Crippen LogP contribution is 2.47. The average molecular weight is 486 g/mol. The Kier molecular flexibility index (Phi) is 5.80. The van der Waals surface area contributed by atoms with Gasteiger partial charge in [0.05, 0.1) is 29.1 Å². The number of benzene rings is 3. The Morgan fingerprint density at radius 1 is 1.11 bits per heavy atom. The van der Waals surface area contributed by atoms with Gasteiger partial charge in [-0.25, -0.2) is 4.79 Å². The smallest absolute Gasteiger partial charge is 0.331 e. The van der Waals surface area contributed by atoms with Crippen molar-refractivity contribution in [3.8, 4) is 11.5 Å². The van der Waals surface area contributed by atoms with Crippen molar-refractivity contribution in [2.24, 2.45) is 7.05 Å². The second-order valence-electron chi connectivity index (χ2n) is 9.37. The number of carbonyl (C=O) groups excluding carboxylic acids is 1. The molecular weight excluding hydrogens is 458 g/mol. The van der Waals surface area contributed by atoms with Crippen LogP contribution in [0.25, 0.3) is 27.9 Å². The summed E-state index contributed by atoms with van der Waals surface area (Å²) >= 11 is 0. The molecule has 1 N–H and O–H groups in total. The predicted octanol–water partition coefficient (Wildman–Crippen LogP) is 4.53. The van der Waals surface area contributed by atoms with E-state index in [4.69, 9.17) is 14.2 Å².